The largest absolute Gasteiger partial charge is 0.504 e. The third-order valence-electron chi connectivity index (χ3n) is 1.53. The van der Waals surface area contributed by atoms with Crippen molar-refractivity contribution in [3.8, 4) is 11.5 Å². The van der Waals surface area contributed by atoms with E-state index in [4.69, 9.17) is 15.3 Å². The number of carbonyl (C=O) groups is 2. The topological polar surface area (TPSA) is 94.8 Å². The molecule has 6 heteroatoms. The number of hydrogen-bond donors (Lipinski definition) is 3. The lowest BCUT2D eigenvalue weighted by Crippen LogP contribution is -2.14. The maximum absolute atomic E-state index is 13.0. The highest BCUT2D eigenvalue weighted by molar-refractivity contribution is 6.40. The van der Waals surface area contributed by atoms with Gasteiger partial charge in [-0.05, 0) is 12.1 Å². The zero-order valence-corrected chi connectivity index (χ0v) is 6.69. The van der Waals surface area contributed by atoms with E-state index in [0.29, 0.717) is 0 Å². The van der Waals surface area contributed by atoms with Crippen molar-refractivity contribution in [3.05, 3.63) is 23.5 Å². The Morgan fingerprint density at radius 3 is 2.29 bits per heavy atom. The van der Waals surface area contributed by atoms with Gasteiger partial charge in [0.25, 0.3) is 5.78 Å². The van der Waals surface area contributed by atoms with Crippen LogP contribution >= 0.6 is 0 Å². The first kappa shape index (κ1) is 9.97. The molecule has 0 saturated carbocycles. The number of rotatable bonds is 2. The summed E-state index contributed by atoms with van der Waals surface area (Å²) in [6.45, 7) is 0. The zero-order chi connectivity index (χ0) is 10.9. The van der Waals surface area contributed by atoms with Crippen LogP contribution in [0.5, 0.6) is 11.5 Å². The van der Waals surface area contributed by atoms with E-state index in [1.54, 1.807) is 0 Å². The number of benzene rings is 1. The van der Waals surface area contributed by atoms with E-state index >= 15 is 0 Å². The number of aliphatic carboxylic acids is 1. The number of ketones is 1. The molecule has 5 nitrogen and oxygen atoms in total. The number of halogens is 1. The van der Waals surface area contributed by atoms with E-state index in [1.165, 1.54) is 0 Å². The molecule has 0 unspecified atom stereocenters. The van der Waals surface area contributed by atoms with Crippen LogP contribution < -0.4 is 0 Å². The predicted octanol–water partition coefficient (Wildman–Crippen LogP) is 0.504. The Balaban J connectivity index is 3.31. The molecule has 74 valence electrons. The van der Waals surface area contributed by atoms with Crippen molar-refractivity contribution in [2.24, 2.45) is 0 Å². The molecule has 3 N–H and O–H groups in total. The number of hydrogen-bond acceptors (Lipinski definition) is 4. The van der Waals surface area contributed by atoms with E-state index in [-0.39, 0.29) is 0 Å². The molecule has 0 bridgehead atoms. The smallest absolute Gasteiger partial charge is 0.377 e. The van der Waals surface area contributed by atoms with Gasteiger partial charge in [0.1, 0.15) is 0 Å². The van der Waals surface area contributed by atoms with Crippen LogP contribution in [0.3, 0.4) is 0 Å². The van der Waals surface area contributed by atoms with Gasteiger partial charge in [-0.2, -0.15) is 0 Å². The maximum atomic E-state index is 13.0. The summed E-state index contributed by atoms with van der Waals surface area (Å²) in [6, 6.07) is 1.61. The fourth-order valence-electron chi connectivity index (χ4n) is 0.845. The van der Waals surface area contributed by atoms with Gasteiger partial charge in [0.2, 0.25) is 0 Å². The molecule has 0 aromatic heterocycles. The van der Waals surface area contributed by atoms with Gasteiger partial charge in [0, 0.05) is 0 Å². The van der Waals surface area contributed by atoms with E-state index in [9.17, 15) is 14.0 Å². The number of phenols is 2. The first-order valence-electron chi connectivity index (χ1n) is 3.43. The molecule has 0 spiro atoms. The minimum atomic E-state index is -1.84. The molecule has 0 heterocycles. The van der Waals surface area contributed by atoms with E-state index in [0.717, 1.165) is 12.1 Å². The quantitative estimate of drug-likeness (QED) is 0.367. The third-order valence-corrected chi connectivity index (χ3v) is 1.53. The Morgan fingerprint density at radius 2 is 1.79 bits per heavy atom. The molecular formula is C8H5FO5. The first-order valence-corrected chi connectivity index (χ1v) is 3.43. The first-order chi connectivity index (χ1) is 6.45. The van der Waals surface area contributed by atoms with Crippen molar-refractivity contribution < 1.29 is 29.3 Å². The summed E-state index contributed by atoms with van der Waals surface area (Å²) in [5.41, 5.74) is -0.798. The van der Waals surface area contributed by atoms with Crippen molar-refractivity contribution >= 4 is 11.8 Å². The molecule has 0 fully saturated rings. The molecule has 0 amide bonds. The fourth-order valence-corrected chi connectivity index (χ4v) is 0.845. The van der Waals surface area contributed by atoms with Crippen LogP contribution in [0, 0.1) is 5.82 Å². The summed E-state index contributed by atoms with van der Waals surface area (Å²) in [4.78, 5) is 21.0. The minimum absolute atomic E-state index is 0.760. The molecule has 0 aliphatic rings. The van der Waals surface area contributed by atoms with Gasteiger partial charge < -0.3 is 15.3 Å². The van der Waals surface area contributed by atoms with E-state index in [1.807, 2.05) is 0 Å². The molecule has 0 radical (unpaired) electrons. The van der Waals surface area contributed by atoms with Gasteiger partial charge in [-0.15, -0.1) is 0 Å². The molecule has 1 rings (SSSR count). The minimum Gasteiger partial charge on any atom is -0.504 e. The second-order valence-corrected chi connectivity index (χ2v) is 2.43. The molecule has 0 aliphatic heterocycles. The van der Waals surface area contributed by atoms with Crippen LogP contribution in [0.4, 0.5) is 4.39 Å². The Hall–Kier alpha value is -2.11. The lowest BCUT2D eigenvalue weighted by atomic mass is 10.1. The lowest BCUT2D eigenvalue weighted by Gasteiger charge is -2.02. The second kappa shape index (κ2) is 3.33. The highest BCUT2D eigenvalue weighted by atomic mass is 19.1. The van der Waals surface area contributed by atoms with Gasteiger partial charge in [0.05, 0.1) is 5.56 Å². The van der Waals surface area contributed by atoms with Crippen LogP contribution in [0.1, 0.15) is 10.4 Å². The van der Waals surface area contributed by atoms with Crippen LogP contribution in [0.2, 0.25) is 0 Å². The number of phenolic OH excluding ortho intramolecular Hbond substituents is 2. The van der Waals surface area contributed by atoms with Crippen molar-refractivity contribution in [2.75, 3.05) is 0 Å². The summed E-state index contributed by atoms with van der Waals surface area (Å²) in [6.07, 6.45) is 0. The second-order valence-electron chi connectivity index (χ2n) is 2.43. The van der Waals surface area contributed by atoms with Gasteiger partial charge >= 0.3 is 5.97 Å². The number of carboxylic acids is 1. The predicted molar refractivity (Wildman–Crippen MR) is 41.7 cm³/mol. The highest BCUT2D eigenvalue weighted by Gasteiger charge is 2.22. The lowest BCUT2D eigenvalue weighted by molar-refractivity contribution is -0.131. The van der Waals surface area contributed by atoms with Crippen LogP contribution in [-0.2, 0) is 4.79 Å². The molecule has 0 saturated heterocycles. The Kier molecular flexibility index (Phi) is 2.37. The number of aromatic hydroxyl groups is 2. The monoisotopic (exact) mass is 200 g/mol. The molecule has 0 aliphatic carbocycles. The zero-order valence-electron chi connectivity index (χ0n) is 6.69. The van der Waals surface area contributed by atoms with Crippen molar-refractivity contribution in [1.82, 2.24) is 0 Å². The molecule has 1 aromatic rings. The van der Waals surface area contributed by atoms with Crippen LogP contribution in [-0.4, -0.2) is 27.1 Å². The average molecular weight is 200 g/mol. The molecule has 14 heavy (non-hydrogen) atoms. The van der Waals surface area contributed by atoms with Gasteiger partial charge in [-0.25, -0.2) is 9.18 Å². The summed E-state index contributed by atoms with van der Waals surface area (Å²) >= 11 is 0. The molecular weight excluding hydrogens is 195 g/mol. The van der Waals surface area contributed by atoms with E-state index < -0.39 is 34.6 Å². The van der Waals surface area contributed by atoms with Gasteiger partial charge in [-0.1, -0.05) is 0 Å². The summed E-state index contributed by atoms with van der Waals surface area (Å²) < 4.78 is 13.0. The van der Waals surface area contributed by atoms with Crippen molar-refractivity contribution in [2.45, 2.75) is 0 Å². The van der Waals surface area contributed by atoms with Crippen LogP contribution in [0.25, 0.3) is 0 Å². The number of carboxylic acid groups (broad SMARTS) is 1. The maximum Gasteiger partial charge on any atom is 0.377 e. The molecule has 0 atom stereocenters. The fraction of sp³-hybridized carbons (Fsp3) is 0. The normalized spacial score (nSPS) is 9.79. The number of Topliss-reactive ketones (excluding diaryl/α,β-unsaturated/α-hetero) is 1. The third kappa shape index (κ3) is 1.49. The van der Waals surface area contributed by atoms with Crippen molar-refractivity contribution in [1.29, 1.82) is 0 Å². The average Bonchev–Trinajstić information content (AvgIpc) is 2.13. The van der Waals surface area contributed by atoms with Gasteiger partial charge in [0.15, 0.2) is 17.3 Å². The number of carbonyl (C=O) groups excluding carboxylic acids is 1. The standard InChI is InChI=1S/C8H5FO5/c9-5-3(6(11)8(13)14)1-2-4(10)7(5)12/h1-2,10,12H,(H,13,14). The summed E-state index contributed by atoms with van der Waals surface area (Å²) in [5, 5.41) is 25.9. The Morgan fingerprint density at radius 1 is 1.21 bits per heavy atom. The molecule has 1 aromatic carbocycles. The van der Waals surface area contributed by atoms with Crippen LogP contribution in [0.15, 0.2) is 12.1 Å². The van der Waals surface area contributed by atoms with E-state index in [2.05, 4.69) is 0 Å². The SMILES string of the molecule is O=C(O)C(=O)c1ccc(O)c(O)c1F. The summed E-state index contributed by atoms with van der Waals surface area (Å²) in [7, 11) is 0. The van der Waals surface area contributed by atoms with Gasteiger partial charge in [-0.3, -0.25) is 4.79 Å². The Bertz CT molecular complexity index is 412. The Labute approximate surface area is 77.0 Å². The summed E-state index contributed by atoms with van der Waals surface area (Å²) in [5.74, 6) is -6.68. The highest BCUT2D eigenvalue weighted by Crippen LogP contribution is 2.29. The van der Waals surface area contributed by atoms with Crippen molar-refractivity contribution in [3.63, 3.8) is 0 Å².